The molecule has 2 atom stereocenters. The fourth-order valence-corrected chi connectivity index (χ4v) is 5.02. The molecule has 0 radical (unpaired) electrons. The molecule has 2 aromatic rings. The van der Waals surface area contributed by atoms with E-state index in [0.29, 0.717) is 11.5 Å². The number of nitrogens with one attached hydrogen (secondary N) is 1. The minimum absolute atomic E-state index is 0.0204. The number of amides is 1. The van der Waals surface area contributed by atoms with E-state index < -0.39 is 33.9 Å². The molecule has 0 spiro atoms. The van der Waals surface area contributed by atoms with Crippen molar-refractivity contribution >= 4 is 15.9 Å². The maximum absolute atomic E-state index is 13.1. The van der Waals surface area contributed by atoms with Crippen LogP contribution in [0.25, 0.3) is 0 Å². The summed E-state index contributed by atoms with van der Waals surface area (Å²) in [6.07, 6.45) is -0.987. The van der Waals surface area contributed by atoms with E-state index in [1.807, 2.05) is 0 Å². The minimum Gasteiger partial charge on any atom is -0.454 e. The van der Waals surface area contributed by atoms with E-state index in [2.05, 4.69) is 5.32 Å². The lowest BCUT2D eigenvalue weighted by molar-refractivity contribution is -0.124. The number of sulfonamides is 1. The molecule has 0 bridgehead atoms. The van der Waals surface area contributed by atoms with Crippen LogP contribution in [-0.4, -0.2) is 49.2 Å². The normalized spacial score (nSPS) is 21.3. The number of β-amino-alcohol motifs (C(OH)–C–C–N with tert-alkyl or cyclic N) is 1. The summed E-state index contributed by atoms with van der Waals surface area (Å²) in [5, 5.41) is 12.7. The van der Waals surface area contributed by atoms with E-state index in [9.17, 15) is 22.7 Å². The van der Waals surface area contributed by atoms with E-state index in [1.165, 1.54) is 0 Å². The van der Waals surface area contributed by atoms with Crippen molar-refractivity contribution in [2.75, 3.05) is 13.3 Å². The maximum atomic E-state index is 13.1. The lowest BCUT2D eigenvalue weighted by Crippen LogP contribution is -2.45. The van der Waals surface area contributed by atoms with E-state index >= 15 is 0 Å². The van der Waals surface area contributed by atoms with E-state index in [4.69, 9.17) is 9.47 Å². The van der Waals surface area contributed by atoms with Gasteiger partial charge in [0, 0.05) is 19.5 Å². The second-order valence-corrected chi connectivity index (χ2v) is 8.73. The molecule has 1 saturated heterocycles. The standard InChI is InChI=1S/C19H19FN2O6S/c20-13-2-4-15(5-3-13)29(25,26)22-10-14(23)8-16(22)19(24)21-9-12-1-6-17-18(7-12)28-11-27-17/h1-7,14,16,23H,8-11H2,(H,21,24)/t14?,16-/m0/s1. The molecule has 2 aromatic carbocycles. The zero-order chi connectivity index (χ0) is 20.6. The molecular weight excluding hydrogens is 403 g/mol. The Morgan fingerprint density at radius 2 is 1.90 bits per heavy atom. The van der Waals surface area contributed by atoms with Gasteiger partial charge < -0.3 is 19.9 Å². The van der Waals surface area contributed by atoms with Crippen molar-refractivity contribution in [2.45, 2.75) is 30.0 Å². The van der Waals surface area contributed by atoms with Crippen LogP contribution in [0.2, 0.25) is 0 Å². The second-order valence-electron chi connectivity index (χ2n) is 6.84. The van der Waals surface area contributed by atoms with Crippen molar-refractivity contribution in [2.24, 2.45) is 0 Å². The van der Waals surface area contributed by atoms with Crippen molar-refractivity contribution in [3.8, 4) is 11.5 Å². The van der Waals surface area contributed by atoms with Crippen LogP contribution in [0.3, 0.4) is 0 Å². The van der Waals surface area contributed by atoms with E-state index in [-0.39, 0.29) is 31.2 Å². The summed E-state index contributed by atoms with van der Waals surface area (Å²) < 4.78 is 50.4. The molecule has 0 aromatic heterocycles. The second kappa shape index (κ2) is 7.62. The van der Waals surface area contributed by atoms with Gasteiger partial charge in [-0.05, 0) is 42.0 Å². The highest BCUT2D eigenvalue weighted by Crippen LogP contribution is 2.32. The quantitative estimate of drug-likeness (QED) is 0.745. The molecule has 4 rings (SSSR count). The van der Waals surface area contributed by atoms with Crippen molar-refractivity contribution in [1.29, 1.82) is 0 Å². The van der Waals surface area contributed by atoms with Crippen molar-refractivity contribution < 1.29 is 32.2 Å². The van der Waals surface area contributed by atoms with Gasteiger partial charge in [-0.3, -0.25) is 4.79 Å². The zero-order valence-electron chi connectivity index (χ0n) is 15.2. The van der Waals surface area contributed by atoms with Gasteiger partial charge in [0.1, 0.15) is 11.9 Å². The lowest BCUT2D eigenvalue weighted by Gasteiger charge is -2.23. The molecule has 2 heterocycles. The highest BCUT2D eigenvalue weighted by molar-refractivity contribution is 7.89. The Bertz CT molecular complexity index is 1030. The number of aliphatic hydroxyl groups excluding tert-OH is 1. The fourth-order valence-electron chi connectivity index (χ4n) is 3.39. The van der Waals surface area contributed by atoms with Crippen LogP contribution < -0.4 is 14.8 Å². The first-order valence-electron chi connectivity index (χ1n) is 8.96. The van der Waals surface area contributed by atoms with Gasteiger partial charge >= 0.3 is 0 Å². The number of benzene rings is 2. The highest BCUT2D eigenvalue weighted by Gasteiger charge is 2.43. The zero-order valence-corrected chi connectivity index (χ0v) is 16.1. The SMILES string of the molecule is O=C(NCc1ccc2c(c1)OCO2)[C@@H]1CC(O)CN1S(=O)(=O)c1ccc(F)cc1. The summed E-state index contributed by atoms with van der Waals surface area (Å²) in [5.74, 6) is 0.109. The first kappa shape index (κ1) is 19.6. The predicted molar refractivity (Wildman–Crippen MR) is 99.1 cm³/mol. The molecular formula is C19H19FN2O6S. The van der Waals surface area contributed by atoms with Crippen LogP contribution in [0.5, 0.6) is 11.5 Å². The molecule has 154 valence electrons. The maximum Gasteiger partial charge on any atom is 0.243 e. The fraction of sp³-hybridized carbons (Fsp3) is 0.316. The number of fused-ring (bicyclic) bond motifs is 1. The number of ether oxygens (including phenoxy) is 2. The van der Waals surface area contributed by atoms with Gasteiger partial charge in [-0.2, -0.15) is 4.31 Å². The van der Waals surface area contributed by atoms with Gasteiger partial charge in [0.2, 0.25) is 22.7 Å². The molecule has 2 N–H and O–H groups in total. The lowest BCUT2D eigenvalue weighted by atomic mass is 10.1. The largest absolute Gasteiger partial charge is 0.454 e. The Morgan fingerprint density at radius 3 is 2.66 bits per heavy atom. The average Bonchev–Trinajstić information content (AvgIpc) is 3.32. The van der Waals surface area contributed by atoms with E-state index in [0.717, 1.165) is 34.1 Å². The summed E-state index contributed by atoms with van der Waals surface area (Å²) in [4.78, 5) is 12.6. The number of nitrogens with zero attached hydrogens (tertiary/aromatic N) is 1. The molecule has 10 heteroatoms. The molecule has 1 amide bonds. The van der Waals surface area contributed by atoms with Gasteiger partial charge in [-0.25, -0.2) is 12.8 Å². The van der Waals surface area contributed by atoms with Crippen molar-refractivity contribution in [1.82, 2.24) is 9.62 Å². The molecule has 0 saturated carbocycles. The van der Waals surface area contributed by atoms with Gasteiger partial charge in [0.15, 0.2) is 11.5 Å². The van der Waals surface area contributed by atoms with Crippen LogP contribution in [0.4, 0.5) is 4.39 Å². The third-order valence-electron chi connectivity index (χ3n) is 4.86. The first-order valence-corrected chi connectivity index (χ1v) is 10.4. The molecule has 1 unspecified atom stereocenters. The highest BCUT2D eigenvalue weighted by atomic mass is 32.2. The van der Waals surface area contributed by atoms with Gasteiger partial charge in [0.25, 0.3) is 0 Å². The predicted octanol–water partition coefficient (Wildman–Crippen LogP) is 0.995. The van der Waals surface area contributed by atoms with Crippen LogP contribution in [-0.2, 0) is 21.4 Å². The number of hydrogen-bond donors (Lipinski definition) is 2. The number of aliphatic hydroxyl groups is 1. The summed E-state index contributed by atoms with van der Waals surface area (Å²) in [6, 6.07) is 8.52. The number of carbonyl (C=O) groups excluding carboxylic acids is 1. The number of halogens is 1. The van der Waals surface area contributed by atoms with Crippen LogP contribution in [0.15, 0.2) is 47.4 Å². The van der Waals surface area contributed by atoms with E-state index in [1.54, 1.807) is 18.2 Å². The Labute approximate surface area is 166 Å². The van der Waals surface area contributed by atoms with Crippen LogP contribution in [0, 0.1) is 5.82 Å². The average molecular weight is 422 g/mol. The minimum atomic E-state index is -4.06. The van der Waals surface area contributed by atoms with Crippen LogP contribution in [0.1, 0.15) is 12.0 Å². The summed E-state index contributed by atoms with van der Waals surface area (Å²) in [7, 11) is -4.06. The molecule has 2 aliphatic rings. The topological polar surface area (TPSA) is 105 Å². The summed E-state index contributed by atoms with van der Waals surface area (Å²) >= 11 is 0. The molecule has 8 nitrogen and oxygen atoms in total. The molecule has 0 aliphatic carbocycles. The first-order chi connectivity index (χ1) is 13.8. The number of hydrogen-bond acceptors (Lipinski definition) is 6. The Balaban J connectivity index is 1.48. The number of carbonyl (C=O) groups is 1. The molecule has 1 fully saturated rings. The van der Waals surface area contributed by atoms with Crippen LogP contribution >= 0.6 is 0 Å². The van der Waals surface area contributed by atoms with Crippen molar-refractivity contribution in [3.63, 3.8) is 0 Å². The summed E-state index contributed by atoms with van der Waals surface area (Å²) in [5.41, 5.74) is 0.758. The number of rotatable bonds is 5. The Morgan fingerprint density at radius 1 is 1.17 bits per heavy atom. The monoisotopic (exact) mass is 422 g/mol. The van der Waals surface area contributed by atoms with Gasteiger partial charge in [-0.15, -0.1) is 0 Å². The summed E-state index contributed by atoms with van der Waals surface area (Å²) in [6.45, 7) is 0.0929. The van der Waals surface area contributed by atoms with Gasteiger partial charge in [0.05, 0.1) is 11.0 Å². The Hall–Kier alpha value is -2.69. The third-order valence-corrected chi connectivity index (χ3v) is 6.75. The Kier molecular flexibility index (Phi) is 5.15. The smallest absolute Gasteiger partial charge is 0.243 e. The molecule has 2 aliphatic heterocycles. The third kappa shape index (κ3) is 3.91. The van der Waals surface area contributed by atoms with Gasteiger partial charge in [-0.1, -0.05) is 6.07 Å². The molecule has 29 heavy (non-hydrogen) atoms. The van der Waals surface area contributed by atoms with Crippen molar-refractivity contribution in [3.05, 3.63) is 53.8 Å².